The number of nitrogens with one attached hydrogen (secondary N) is 3. The average molecular weight is 697 g/mol. The molecule has 6 unspecified atom stereocenters. The zero-order chi connectivity index (χ0) is 34.8. The number of aromatic nitrogens is 1. The molecule has 3 saturated heterocycles. The molecule has 1 saturated carbocycles. The largest absolute Gasteiger partial charge is 0.383 e. The second-order valence-electron chi connectivity index (χ2n) is 16.3. The van der Waals surface area contributed by atoms with Gasteiger partial charge in [0.25, 0.3) is 0 Å². The zero-order valence-electron chi connectivity index (χ0n) is 30.6. The molecule has 0 amide bonds. The van der Waals surface area contributed by atoms with Crippen molar-refractivity contribution in [1.29, 1.82) is 0 Å². The van der Waals surface area contributed by atoms with Gasteiger partial charge in [-0.3, -0.25) is 15.5 Å². The lowest BCUT2D eigenvalue weighted by Crippen LogP contribution is -2.64. The number of aryl methyl sites for hydroxylation is 2. The van der Waals surface area contributed by atoms with E-state index in [-0.39, 0.29) is 29.6 Å². The highest BCUT2D eigenvalue weighted by Crippen LogP contribution is 2.34. The summed E-state index contributed by atoms with van der Waals surface area (Å²) in [6.07, 6.45) is 6.26. The first kappa shape index (κ1) is 36.7. The second-order valence-corrected chi connectivity index (χ2v) is 18.3. The van der Waals surface area contributed by atoms with Crippen molar-refractivity contribution in [3.05, 3.63) is 58.8 Å². The van der Waals surface area contributed by atoms with Crippen molar-refractivity contribution in [2.45, 2.75) is 128 Å². The van der Waals surface area contributed by atoms with E-state index in [1.807, 2.05) is 0 Å². The Bertz CT molecular complexity index is 1500. The number of anilines is 1. The van der Waals surface area contributed by atoms with E-state index < -0.39 is 21.6 Å². The van der Waals surface area contributed by atoms with Crippen LogP contribution in [0.15, 0.2) is 36.4 Å². The van der Waals surface area contributed by atoms with Gasteiger partial charge in [-0.25, -0.2) is 13.4 Å². The molecule has 272 valence electrons. The summed E-state index contributed by atoms with van der Waals surface area (Å²) in [6, 6.07) is 13.2. The van der Waals surface area contributed by atoms with E-state index in [9.17, 15) is 8.42 Å². The number of fused-ring (bicyclic) bond motifs is 4. The highest BCUT2D eigenvalue weighted by atomic mass is 32.2. The molecule has 3 N–H and O–H groups in total. The maximum Gasteiger partial charge on any atom is 0.216 e. The van der Waals surface area contributed by atoms with E-state index in [4.69, 9.17) is 14.5 Å². The monoisotopic (exact) mass is 696 g/mol. The van der Waals surface area contributed by atoms with Crippen LogP contribution in [0.5, 0.6) is 0 Å². The van der Waals surface area contributed by atoms with Gasteiger partial charge in [0.2, 0.25) is 10.0 Å². The highest BCUT2D eigenvalue weighted by Gasteiger charge is 2.39. The maximum atomic E-state index is 14.0. The third-order valence-corrected chi connectivity index (χ3v) is 12.9. The second kappa shape index (κ2) is 15.6. The van der Waals surface area contributed by atoms with Crippen LogP contribution in [0.1, 0.15) is 101 Å². The van der Waals surface area contributed by atoms with Crippen molar-refractivity contribution in [2.24, 2.45) is 11.3 Å². The fourth-order valence-electron chi connectivity index (χ4n) is 8.83. The first-order valence-electron chi connectivity index (χ1n) is 18.5. The summed E-state index contributed by atoms with van der Waals surface area (Å²) < 4.78 is 43.4. The van der Waals surface area contributed by atoms with E-state index in [0.29, 0.717) is 45.1 Å². The molecule has 1 aliphatic carbocycles. The molecule has 4 fully saturated rings. The molecule has 10 nitrogen and oxygen atoms in total. The standard InChI is InChI=1S/C38H60N6O4S/c1-26-11-7-12-27(2)36(26)33-20-35-41-37(40-33)42-49(45,46)32-16-8-13-28(19-32)22-43(31(25-48-35)21-38(3,4)5)23-29-14-9-17-34(39-29)44-18-10-15-30(44)24-47-6/h7,9,11-12,14,17,28,30-33,35,37,40-42H,8,10,13,15-16,18-25H2,1-6H3/t28?,30?,31-,32?,33?,35?,37?/m1/s1. The molecule has 2 aromatic rings. The van der Waals surface area contributed by atoms with Gasteiger partial charge in [-0.2, -0.15) is 4.72 Å². The molecule has 6 rings (SSSR count). The van der Waals surface area contributed by atoms with Gasteiger partial charge < -0.3 is 14.4 Å². The Kier molecular flexibility index (Phi) is 11.7. The third kappa shape index (κ3) is 9.22. The minimum Gasteiger partial charge on any atom is -0.383 e. The molecular formula is C38H60N6O4S. The Hall–Kier alpha value is -2.12. The van der Waals surface area contributed by atoms with Gasteiger partial charge in [0.15, 0.2) is 0 Å². The number of sulfonamides is 1. The van der Waals surface area contributed by atoms with Gasteiger partial charge in [0.1, 0.15) is 18.3 Å². The van der Waals surface area contributed by atoms with Crippen LogP contribution in [-0.4, -0.2) is 81.6 Å². The molecule has 4 aliphatic rings. The molecule has 4 heterocycles. The Labute approximate surface area is 295 Å². The zero-order valence-corrected chi connectivity index (χ0v) is 31.4. The summed E-state index contributed by atoms with van der Waals surface area (Å²) >= 11 is 0. The summed E-state index contributed by atoms with van der Waals surface area (Å²) in [5.41, 5.74) is 4.72. The molecule has 1 aromatic carbocycles. The molecule has 1 aromatic heterocycles. The Morgan fingerprint density at radius 1 is 0.980 bits per heavy atom. The summed E-state index contributed by atoms with van der Waals surface area (Å²) in [4.78, 5) is 10.2. The van der Waals surface area contributed by atoms with Gasteiger partial charge >= 0.3 is 0 Å². The van der Waals surface area contributed by atoms with Crippen molar-refractivity contribution >= 4 is 15.8 Å². The number of nitrogens with zero attached hydrogens (tertiary/aromatic N) is 3. The van der Waals surface area contributed by atoms with Gasteiger partial charge in [0.05, 0.1) is 30.2 Å². The number of hydrogen-bond donors (Lipinski definition) is 3. The van der Waals surface area contributed by atoms with Crippen molar-refractivity contribution in [3.63, 3.8) is 0 Å². The molecule has 0 spiro atoms. The van der Waals surface area contributed by atoms with Crippen LogP contribution in [-0.2, 0) is 26.0 Å². The molecule has 0 radical (unpaired) electrons. The smallest absolute Gasteiger partial charge is 0.216 e. The van der Waals surface area contributed by atoms with Crippen molar-refractivity contribution in [2.75, 3.05) is 38.3 Å². The molecule has 3 aliphatic heterocycles. The summed E-state index contributed by atoms with van der Waals surface area (Å²) in [7, 11) is -1.82. The predicted octanol–water partition coefficient (Wildman–Crippen LogP) is 5.36. The highest BCUT2D eigenvalue weighted by molar-refractivity contribution is 7.90. The lowest BCUT2D eigenvalue weighted by molar-refractivity contribution is -0.0517. The van der Waals surface area contributed by atoms with Gasteiger partial charge in [0, 0.05) is 45.2 Å². The first-order valence-corrected chi connectivity index (χ1v) is 20.1. The topological polar surface area (TPSA) is 108 Å². The van der Waals surface area contributed by atoms with Gasteiger partial charge in [-0.1, -0.05) is 51.5 Å². The fraction of sp³-hybridized carbons (Fsp3) is 0.711. The van der Waals surface area contributed by atoms with Crippen LogP contribution < -0.4 is 20.3 Å². The van der Waals surface area contributed by atoms with E-state index in [2.05, 4.69) is 96.2 Å². The summed E-state index contributed by atoms with van der Waals surface area (Å²) in [5.74, 6) is 1.29. The SMILES string of the molecule is COCC1CCCN1c1cccc(CN2CC3CCCC(C3)S(=O)(=O)NC3NC(CC(c4c(C)cccc4C)N3)OC[C@H]2CC(C)(C)C)n1. The van der Waals surface area contributed by atoms with E-state index in [0.717, 1.165) is 56.7 Å². The predicted molar refractivity (Wildman–Crippen MR) is 196 cm³/mol. The number of hydrogen-bond acceptors (Lipinski definition) is 9. The lowest BCUT2D eigenvalue weighted by Gasteiger charge is -2.41. The number of ether oxygens (including phenoxy) is 2. The number of rotatable bonds is 7. The van der Waals surface area contributed by atoms with Crippen LogP contribution >= 0.6 is 0 Å². The molecule has 4 bridgehead atoms. The minimum atomic E-state index is -3.59. The van der Waals surface area contributed by atoms with Crippen LogP contribution in [0.4, 0.5) is 5.82 Å². The summed E-state index contributed by atoms with van der Waals surface area (Å²) in [5, 5.41) is 6.67. The quantitative estimate of drug-likeness (QED) is 0.353. The normalized spacial score (nSPS) is 31.5. The Morgan fingerprint density at radius 2 is 1.76 bits per heavy atom. The third-order valence-electron chi connectivity index (χ3n) is 11.1. The van der Waals surface area contributed by atoms with Gasteiger partial charge in [-0.05, 0) is 92.5 Å². The van der Waals surface area contributed by atoms with Crippen LogP contribution in [0.25, 0.3) is 0 Å². The molecule has 7 atom stereocenters. The molecular weight excluding hydrogens is 637 g/mol. The molecule has 49 heavy (non-hydrogen) atoms. The Morgan fingerprint density at radius 3 is 2.51 bits per heavy atom. The first-order chi connectivity index (χ1) is 23.4. The summed E-state index contributed by atoms with van der Waals surface area (Å²) in [6.45, 7) is 14.9. The lowest BCUT2D eigenvalue weighted by atomic mass is 9.85. The van der Waals surface area contributed by atoms with Crippen molar-refractivity contribution in [1.82, 2.24) is 25.2 Å². The van der Waals surface area contributed by atoms with Crippen LogP contribution in [0, 0.1) is 25.2 Å². The van der Waals surface area contributed by atoms with E-state index >= 15 is 0 Å². The van der Waals surface area contributed by atoms with Crippen LogP contribution in [0.2, 0.25) is 0 Å². The van der Waals surface area contributed by atoms with Crippen molar-refractivity contribution in [3.8, 4) is 0 Å². The molecule has 11 heteroatoms. The van der Waals surface area contributed by atoms with Crippen LogP contribution in [0.3, 0.4) is 0 Å². The average Bonchev–Trinajstić information content (AvgIpc) is 3.50. The minimum absolute atomic E-state index is 0.0546. The van der Waals surface area contributed by atoms with Gasteiger partial charge in [-0.15, -0.1) is 0 Å². The van der Waals surface area contributed by atoms with Crippen molar-refractivity contribution < 1.29 is 17.9 Å². The number of benzene rings is 1. The maximum absolute atomic E-state index is 14.0. The Balaban J connectivity index is 1.32. The number of pyridine rings is 1. The van der Waals surface area contributed by atoms with E-state index in [1.165, 1.54) is 16.7 Å². The fourth-order valence-corrected chi connectivity index (χ4v) is 10.5. The number of methoxy groups -OCH3 is 1. The van der Waals surface area contributed by atoms with E-state index in [1.54, 1.807) is 7.11 Å².